The Labute approximate surface area is 137 Å². The van der Waals surface area contributed by atoms with Crippen LogP contribution in [-0.2, 0) is 0 Å². The Bertz CT molecular complexity index is 658. The molecule has 0 radical (unpaired) electrons. The summed E-state index contributed by atoms with van der Waals surface area (Å²) in [6.07, 6.45) is 9.68. The van der Waals surface area contributed by atoms with Crippen LogP contribution in [0.25, 0.3) is 5.78 Å². The lowest BCUT2D eigenvalue weighted by molar-refractivity contribution is 0.181. The molecule has 2 aliphatic heterocycles. The van der Waals surface area contributed by atoms with Crippen molar-refractivity contribution >= 4 is 11.6 Å². The Balaban J connectivity index is 1.57. The Morgan fingerprint density at radius 3 is 2.70 bits per heavy atom. The van der Waals surface area contributed by atoms with Gasteiger partial charge in [0, 0.05) is 30.9 Å². The number of aromatic nitrogens is 4. The van der Waals surface area contributed by atoms with E-state index in [-0.39, 0.29) is 0 Å². The third-order valence-electron chi connectivity index (χ3n) is 5.24. The first-order valence-corrected chi connectivity index (χ1v) is 8.97. The van der Waals surface area contributed by atoms with Gasteiger partial charge in [0.25, 0.3) is 5.78 Å². The third kappa shape index (κ3) is 3.04. The molecule has 4 heterocycles. The Morgan fingerprint density at radius 1 is 1.04 bits per heavy atom. The van der Waals surface area contributed by atoms with Crippen molar-refractivity contribution < 1.29 is 0 Å². The number of likely N-dealkylation sites (tertiary alicyclic amines) is 1. The first kappa shape index (κ1) is 14.9. The van der Waals surface area contributed by atoms with Crippen LogP contribution in [0.2, 0.25) is 0 Å². The predicted octanol–water partition coefficient (Wildman–Crippen LogP) is 2.28. The summed E-state index contributed by atoms with van der Waals surface area (Å²) in [6.45, 7) is 6.77. The predicted molar refractivity (Wildman–Crippen MR) is 90.8 cm³/mol. The van der Waals surface area contributed by atoms with Gasteiger partial charge >= 0.3 is 0 Å². The number of aryl methyl sites for hydroxylation is 1. The van der Waals surface area contributed by atoms with Crippen molar-refractivity contribution in [1.82, 2.24) is 24.5 Å². The first-order valence-electron chi connectivity index (χ1n) is 8.97. The van der Waals surface area contributed by atoms with E-state index in [4.69, 9.17) is 0 Å². The minimum Gasteiger partial charge on any atom is -0.355 e. The summed E-state index contributed by atoms with van der Waals surface area (Å²) in [5.74, 6) is 1.85. The molecule has 2 fully saturated rings. The van der Waals surface area contributed by atoms with Gasteiger partial charge in [0.15, 0.2) is 0 Å². The highest BCUT2D eigenvalue weighted by Crippen LogP contribution is 2.24. The first-order chi connectivity index (χ1) is 11.3. The molecule has 2 aliphatic rings. The summed E-state index contributed by atoms with van der Waals surface area (Å²) in [5.41, 5.74) is 1.01. The van der Waals surface area contributed by atoms with E-state index in [1.165, 1.54) is 51.6 Å². The van der Waals surface area contributed by atoms with Gasteiger partial charge in [-0.05, 0) is 45.7 Å². The van der Waals surface area contributed by atoms with Crippen LogP contribution in [0.1, 0.15) is 44.2 Å². The summed E-state index contributed by atoms with van der Waals surface area (Å²) in [6, 6.07) is 2.82. The highest BCUT2D eigenvalue weighted by Gasteiger charge is 2.27. The average Bonchev–Trinajstić information content (AvgIpc) is 2.87. The average molecular weight is 314 g/mol. The molecule has 0 aromatic carbocycles. The summed E-state index contributed by atoms with van der Waals surface area (Å²) in [7, 11) is 0. The molecule has 2 saturated heterocycles. The van der Waals surface area contributed by atoms with Crippen LogP contribution in [0.15, 0.2) is 12.4 Å². The van der Waals surface area contributed by atoms with E-state index >= 15 is 0 Å². The highest BCUT2D eigenvalue weighted by atomic mass is 15.4. The fourth-order valence-electron chi connectivity index (χ4n) is 4.06. The van der Waals surface area contributed by atoms with E-state index in [9.17, 15) is 0 Å². The maximum atomic E-state index is 4.46. The second-order valence-corrected chi connectivity index (χ2v) is 6.92. The second-order valence-electron chi connectivity index (χ2n) is 6.92. The van der Waals surface area contributed by atoms with Gasteiger partial charge in [-0.1, -0.05) is 12.8 Å². The van der Waals surface area contributed by atoms with Gasteiger partial charge in [0.05, 0.1) is 0 Å². The SMILES string of the molecule is Cc1cc(N2CCC[C@H](N3CCCCCC3)C2)n2ncnc2n1. The maximum Gasteiger partial charge on any atom is 0.254 e. The quantitative estimate of drug-likeness (QED) is 0.851. The molecule has 0 N–H and O–H groups in total. The van der Waals surface area contributed by atoms with Crippen LogP contribution in [0.4, 0.5) is 5.82 Å². The van der Waals surface area contributed by atoms with E-state index in [1.54, 1.807) is 6.33 Å². The highest BCUT2D eigenvalue weighted by molar-refractivity contribution is 5.47. The number of hydrogen-bond donors (Lipinski definition) is 0. The molecule has 6 nitrogen and oxygen atoms in total. The number of rotatable bonds is 2. The van der Waals surface area contributed by atoms with Crippen molar-refractivity contribution in [2.75, 3.05) is 31.1 Å². The van der Waals surface area contributed by atoms with E-state index in [1.807, 2.05) is 11.4 Å². The molecule has 0 spiro atoms. The molecule has 0 unspecified atom stereocenters. The van der Waals surface area contributed by atoms with Crippen LogP contribution in [0.3, 0.4) is 0 Å². The number of fused-ring (bicyclic) bond motifs is 1. The largest absolute Gasteiger partial charge is 0.355 e. The number of nitrogens with zero attached hydrogens (tertiary/aromatic N) is 6. The molecule has 6 heteroatoms. The maximum absolute atomic E-state index is 4.46. The van der Waals surface area contributed by atoms with Crippen LogP contribution in [0, 0.1) is 6.92 Å². The molecule has 0 amide bonds. The molecule has 0 saturated carbocycles. The number of hydrogen-bond acceptors (Lipinski definition) is 5. The van der Waals surface area contributed by atoms with Crippen molar-refractivity contribution in [3.63, 3.8) is 0 Å². The summed E-state index contributed by atoms with van der Waals surface area (Å²) >= 11 is 0. The molecular weight excluding hydrogens is 288 g/mol. The molecule has 124 valence electrons. The fourth-order valence-corrected chi connectivity index (χ4v) is 4.06. The summed E-state index contributed by atoms with van der Waals surface area (Å²) < 4.78 is 1.89. The topological polar surface area (TPSA) is 49.6 Å². The van der Waals surface area contributed by atoms with Crippen LogP contribution >= 0.6 is 0 Å². The Hall–Kier alpha value is -1.69. The van der Waals surface area contributed by atoms with E-state index in [2.05, 4.69) is 30.9 Å². The smallest absolute Gasteiger partial charge is 0.254 e. The van der Waals surface area contributed by atoms with Crippen molar-refractivity contribution in [3.8, 4) is 0 Å². The molecular formula is C17H26N6. The molecule has 23 heavy (non-hydrogen) atoms. The zero-order valence-electron chi connectivity index (χ0n) is 14.0. The minimum absolute atomic E-state index is 0.675. The summed E-state index contributed by atoms with van der Waals surface area (Å²) in [4.78, 5) is 13.9. The molecule has 4 rings (SSSR count). The number of piperidine rings is 1. The lowest BCUT2D eigenvalue weighted by Gasteiger charge is -2.40. The standard InChI is InChI=1S/C17H26N6/c1-14-11-16(23-17(20-14)18-13-19-23)22-10-6-7-15(12-22)21-8-4-2-3-5-9-21/h11,13,15H,2-10,12H2,1H3/t15-/m0/s1. The van der Waals surface area contributed by atoms with Gasteiger partial charge in [-0.25, -0.2) is 4.98 Å². The normalized spacial score (nSPS) is 24.0. The molecule has 0 bridgehead atoms. The fraction of sp³-hybridized carbons (Fsp3) is 0.706. The molecule has 2 aromatic heterocycles. The van der Waals surface area contributed by atoms with Gasteiger partial charge in [-0.2, -0.15) is 14.6 Å². The Kier molecular flexibility index (Phi) is 4.16. The van der Waals surface area contributed by atoms with Gasteiger partial charge < -0.3 is 4.90 Å². The Morgan fingerprint density at radius 2 is 1.87 bits per heavy atom. The molecule has 1 atom stereocenters. The third-order valence-corrected chi connectivity index (χ3v) is 5.24. The summed E-state index contributed by atoms with van der Waals surface area (Å²) in [5, 5.41) is 4.38. The van der Waals surface area contributed by atoms with Crippen molar-refractivity contribution in [3.05, 3.63) is 18.1 Å². The van der Waals surface area contributed by atoms with Crippen molar-refractivity contribution in [2.45, 2.75) is 51.5 Å². The van der Waals surface area contributed by atoms with Crippen LogP contribution in [0.5, 0.6) is 0 Å². The minimum atomic E-state index is 0.675. The molecule has 0 aliphatic carbocycles. The zero-order valence-corrected chi connectivity index (χ0v) is 14.0. The lowest BCUT2D eigenvalue weighted by Crippen LogP contribution is -2.48. The van der Waals surface area contributed by atoms with E-state index < -0.39 is 0 Å². The van der Waals surface area contributed by atoms with Crippen LogP contribution < -0.4 is 4.90 Å². The zero-order chi connectivity index (χ0) is 15.6. The monoisotopic (exact) mass is 314 g/mol. The lowest BCUT2D eigenvalue weighted by atomic mass is 10.0. The number of anilines is 1. The van der Waals surface area contributed by atoms with E-state index in [0.717, 1.165) is 24.6 Å². The molecule has 2 aromatic rings. The van der Waals surface area contributed by atoms with Gasteiger partial charge in [0.1, 0.15) is 12.1 Å². The van der Waals surface area contributed by atoms with Crippen molar-refractivity contribution in [1.29, 1.82) is 0 Å². The van der Waals surface area contributed by atoms with Gasteiger partial charge in [0.2, 0.25) is 0 Å². The van der Waals surface area contributed by atoms with Crippen LogP contribution in [-0.4, -0.2) is 56.7 Å². The second kappa shape index (κ2) is 6.43. The van der Waals surface area contributed by atoms with Gasteiger partial charge in [-0.3, -0.25) is 4.90 Å². The van der Waals surface area contributed by atoms with Crippen molar-refractivity contribution in [2.24, 2.45) is 0 Å². The van der Waals surface area contributed by atoms with Gasteiger partial charge in [-0.15, -0.1) is 0 Å². The van der Waals surface area contributed by atoms with E-state index in [0.29, 0.717) is 11.8 Å².